The van der Waals surface area contributed by atoms with E-state index in [1.807, 2.05) is 26.3 Å². The van der Waals surface area contributed by atoms with E-state index in [4.69, 9.17) is 10.9 Å². The molecule has 0 unspecified atom stereocenters. The molecule has 1 atom stereocenters. The van der Waals surface area contributed by atoms with Crippen LogP contribution in [0.25, 0.3) is 0 Å². The summed E-state index contributed by atoms with van der Waals surface area (Å²) in [6.07, 6.45) is 0. The molecule has 0 saturated heterocycles. The molecular formula is C6H14N2O2. The van der Waals surface area contributed by atoms with Gasteiger partial charge in [-0.2, -0.15) is 5.48 Å². The maximum atomic E-state index is 10.6. The quantitative estimate of drug-likeness (QED) is 0.475. The lowest BCUT2D eigenvalue weighted by molar-refractivity contribution is -0.125. The fraction of sp³-hybridized carbons (Fsp3) is 0.833. The lowest BCUT2D eigenvalue weighted by Crippen LogP contribution is -2.48. The molecule has 4 N–H and O–H groups in total. The molecule has 0 aromatic carbocycles. The van der Waals surface area contributed by atoms with E-state index in [1.165, 1.54) is 0 Å². The Bertz CT molecular complexity index is 128. The third kappa shape index (κ3) is 2.33. The van der Waals surface area contributed by atoms with Crippen molar-refractivity contribution in [1.29, 1.82) is 0 Å². The lowest BCUT2D eigenvalue weighted by atomic mass is 9.87. The van der Waals surface area contributed by atoms with Gasteiger partial charge in [-0.3, -0.25) is 4.79 Å². The van der Waals surface area contributed by atoms with Crippen LogP contribution in [0.5, 0.6) is 0 Å². The smallest absolute Gasteiger partial charge is 0.237 e. The number of hydroxylamine groups is 1. The molecule has 4 nitrogen and oxygen atoms in total. The van der Waals surface area contributed by atoms with Crippen LogP contribution in [0.4, 0.5) is 0 Å². The van der Waals surface area contributed by atoms with Gasteiger partial charge in [-0.15, -0.1) is 0 Å². The third-order valence-electron chi connectivity index (χ3n) is 1.28. The molecule has 0 aromatic rings. The van der Waals surface area contributed by atoms with Gasteiger partial charge in [0.15, 0.2) is 0 Å². The van der Waals surface area contributed by atoms with Crippen molar-refractivity contribution in [3.05, 3.63) is 0 Å². The van der Waals surface area contributed by atoms with Gasteiger partial charge in [0.2, 0.25) is 5.91 Å². The molecule has 0 aliphatic heterocycles. The van der Waals surface area contributed by atoms with Crippen molar-refractivity contribution in [2.75, 3.05) is 0 Å². The van der Waals surface area contributed by atoms with Gasteiger partial charge >= 0.3 is 0 Å². The van der Waals surface area contributed by atoms with E-state index in [9.17, 15) is 4.79 Å². The monoisotopic (exact) mass is 146 g/mol. The first-order valence-electron chi connectivity index (χ1n) is 3.08. The highest BCUT2D eigenvalue weighted by atomic mass is 16.5. The Hall–Kier alpha value is -0.610. The van der Waals surface area contributed by atoms with Crippen molar-refractivity contribution in [2.45, 2.75) is 26.8 Å². The molecule has 10 heavy (non-hydrogen) atoms. The van der Waals surface area contributed by atoms with Gasteiger partial charge in [-0.1, -0.05) is 20.8 Å². The largest absolute Gasteiger partial charge is 0.368 e. The topological polar surface area (TPSA) is 75.3 Å². The lowest BCUT2D eigenvalue weighted by Gasteiger charge is -2.25. The van der Waals surface area contributed by atoms with E-state index in [1.54, 1.807) is 0 Å². The summed E-state index contributed by atoms with van der Waals surface area (Å²) in [6, 6.07) is -0.688. The molecule has 0 aliphatic rings. The summed E-state index contributed by atoms with van der Waals surface area (Å²) in [6.45, 7) is 5.43. The number of carbonyl (C=O) groups is 1. The van der Waals surface area contributed by atoms with Gasteiger partial charge in [0.1, 0.15) is 6.04 Å². The predicted molar refractivity (Wildman–Crippen MR) is 37.4 cm³/mol. The second kappa shape index (κ2) is 2.98. The van der Waals surface area contributed by atoms with E-state index < -0.39 is 11.9 Å². The highest BCUT2D eigenvalue weighted by Gasteiger charge is 2.28. The Morgan fingerprint density at radius 3 is 2.00 bits per heavy atom. The summed E-state index contributed by atoms with van der Waals surface area (Å²) < 4.78 is 0. The Morgan fingerprint density at radius 1 is 1.60 bits per heavy atom. The molecule has 0 fully saturated rings. The highest BCUT2D eigenvalue weighted by Crippen LogP contribution is 2.17. The summed E-state index contributed by atoms with van der Waals surface area (Å²) in [5, 5.41) is 8.48. The van der Waals surface area contributed by atoms with Crippen molar-refractivity contribution in [3.8, 4) is 0 Å². The van der Waals surface area contributed by atoms with E-state index >= 15 is 0 Å². The first-order chi connectivity index (χ1) is 4.39. The predicted octanol–water partition coefficient (Wildman–Crippen LogP) is -0.135. The van der Waals surface area contributed by atoms with Crippen molar-refractivity contribution >= 4 is 5.91 Å². The van der Waals surface area contributed by atoms with Crippen LogP contribution in [0.15, 0.2) is 0 Å². The van der Waals surface area contributed by atoms with Crippen molar-refractivity contribution in [1.82, 2.24) is 5.48 Å². The number of hydrogen-bond acceptors (Lipinski definition) is 3. The summed E-state index contributed by atoms with van der Waals surface area (Å²) in [7, 11) is 0. The number of carbonyl (C=O) groups excluding carboxylic acids is 1. The fourth-order valence-corrected chi connectivity index (χ4v) is 0.684. The zero-order chi connectivity index (χ0) is 8.36. The zero-order valence-corrected chi connectivity index (χ0v) is 6.51. The van der Waals surface area contributed by atoms with Crippen molar-refractivity contribution in [2.24, 2.45) is 11.1 Å². The second-order valence-corrected chi connectivity index (χ2v) is 3.33. The molecule has 0 spiro atoms. The molecular weight excluding hydrogens is 132 g/mol. The number of rotatable bonds is 2. The van der Waals surface area contributed by atoms with Gasteiger partial charge in [-0.05, 0) is 5.41 Å². The number of amides is 1. The minimum atomic E-state index is -0.688. The highest BCUT2D eigenvalue weighted by molar-refractivity contribution is 5.80. The maximum absolute atomic E-state index is 10.6. The molecule has 0 aliphatic carbocycles. The fourth-order valence-electron chi connectivity index (χ4n) is 0.684. The van der Waals surface area contributed by atoms with Crippen LogP contribution < -0.4 is 11.2 Å². The summed E-state index contributed by atoms with van der Waals surface area (Å²) >= 11 is 0. The molecule has 4 heteroatoms. The van der Waals surface area contributed by atoms with Gasteiger partial charge in [-0.25, -0.2) is 0 Å². The Kier molecular flexibility index (Phi) is 2.80. The third-order valence-corrected chi connectivity index (χ3v) is 1.28. The van der Waals surface area contributed by atoms with Gasteiger partial charge in [0, 0.05) is 0 Å². The number of nitrogens with two attached hydrogens (primary N) is 1. The summed E-state index contributed by atoms with van der Waals surface area (Å²) in [5.74, 6) is -0.546. The number of hydrogen-bond donors (Lipinski definition) is 3. The Morgan fingerprint density at radius 2 is 2.00 bits per heavy atom. The Labute approximate surface area is 60.4 Å². The summed E-state index contributed by atoms with van der Waals surface area (Å²) in [4.78, 5) is 10.6. The van der Waals surface area contributed by atoms with Crippen LogP contribution in [0.2, 0.25) is 0 Å². The SMILES string of the molecule is CC(C)(C)[C@H](NO)C(N)=O. The van der Waals surface area contributed by atoms with Crippen LogP contribution in [-0.2, 0) is 4.79 Å². The molecule has 0 aromatic heterocycles. The van der Waals surface area contributed by atoms with E-state index in [-0.39, 0.29) is 5.41 Å². The molecule has 0 radical (unpaired) electrons. The van der Waals surface area contributed by atoms with Crippen LogP contribution in [0.3, 0.4) is 0 Å². The van der Waals surface area contributed by atoms with Crippen molar-refractivity contribution in [3.63, 3.8) is 0 Å². The zero-order valence-electron chi connectivity index (χ0n) is 6.51. The minimum Gasteiger partial charge on any atom is -0.368 e. The number of primary amides is 1. The molecule has 1 amide bonds. The van der Waals surface area contributed by atoms with Crippen LogP contribution in [0.1, 0.15) is 20.8 Å². The standard InChI is InChI=1S/C6H14N2O2/c1-6(2,3)4(8-10)5(7)9/h4,8,10H,1-3H3,(H2,7,9)/t4-/m1/s1. The molecule has 60 valence electrons. The average molecular weight is 146 g/mol. The van der Waals surface area contributed by atoms with Gasteiger partial charge in [0.05, 0.1) is 0 Å². The maximum Gasteiger partial charge on any atom is 0.237 e. The molecule has 0 rings (SSSR count). The summed E-state index contributed by atoms with van der Waals surface area (Å²) in [5.41, 5.74) is 6.49. The van der Waals surface area contributed by atoms with Crippen LogP contribution in [-0.4, -0.2) is 17.2 Å². The van der Waals surface area contributed by atoms with Gasteiger partial charge < -0.3 is 10.9 Å². The van der Waals surface area contributed by atoms with Crippen LogP contribution in [0, 0.1) is 5.41 Å². The van der Waals surface area contributed by atoms with Crippen molar-refractivity contribution < 1.29 is 10.0 Å². The minimum absolute atomic E-state index is 0.347. The van der Waals surface area contributed by atoms with E-state index in [2.05, 4.69) is 0 Å². The normalized spacial score (nSPS) is 14.8. The molecule has 0 bridgehead atoms. The average Bonchev–Trinajstić information content (AvgIpc) is 1.60. The molecule has 0 saturated carbocycles. The van der Waals surface area contributed by atoms with Crippen LogP contribution >= 0.6 is 0 Å². The van der Waals surface area contributed by atoms with Gasteiger partial charge in [0.25, 0.3) is 0 Å². The first-order valence-corrected chi connectivity index (χ1v) is 3.08. The first kappa shape index (κ1) is 9.39. The second-order valence-electron chi connectivity index (χ2n) is 3.33. The number of nitrogens with one attached hydrogen (secondary N) is 1. The Balaban J connectivity index is 4.22. The van der Waals surface area contributed by atoms with E-state index in [0.29, 0.717) is 0 Å². The van der Waals surface area contributed by atoms with E-state index in [0.717, 1.165) is 0 Å². The molecule has 0 heterocycles.